The number of unbranched alkanes of at least 4 members (excludes halogenated alkanes) is 3. The summed E-state index contributed by atoms with van der Waals surface area (Å²) in [7, 11) is 0. The van der Waals surface area contributed by atoms with Gasteiger partial charge in [0.2, 0.25) is 11.8 Å². The van der Waals surface area contributed by atoms with Gasteiger partial charge < -0.3 is 24.8 Å². The molecule has 2 bridgehead atoms. The van der Waals surface area contributed by atoms with Crippen LogP contribution >= 0.6 is 0 Å². The van der Waals surface area contributed by atoms with Gasteiger partial charge in [0.1, 0.15) is 17.6 Å². The number of nitrogens with zero attached hydrogens (tertiary/aromatic N) is 1. The maximum atomic E-state index is 13.7. The number of carbonyl (C=O) groups excluding carboxylic acids is 3. The Morgan fingerprint density at radius 1 is 1.26 bits per heavy atom. The molecule has 0 radical (unpaired) electrons. The largest absolute Gasteiger partial charge is 0.466 e. The number of aliphatic hydroxyl groups excluding tert-OH is 1. The summed E-state index contributed by atoms with van der Waals surface area (Å²) in [5, 5.41) is 12.1. The highest BCUT2D eigenvalue weighted by atomic mass is 16.6. The first-order valence-electron chi connectivity index (χ1n) is 11.8. The molecular weight excluding hydrogens is 400 g/mol. The molecule has 0 aromatic carbocycles. The van der Waals surface area contributed by atoms with Crippen molar-refractivity contribution in [2.75, 3.05) is 26.3 Å². The van der Waals surface area contributed by atoms with Gasteiger partial charge in [-0.05, 0) is 51.9 Å². The number of ether oxygens (including phenoxy) is 2. The minimum absolute atomic E-state index is 0.0197. The Bertz CT molecular complexity index is 700. The lowest BCUT2D eigenvalue weighted by Gasteiger charge is -2.35. The van der Waals surface area contributed by atoms with Gasteiger partial charge in [-0.2, -0.15) is 0 Å². The molecule has 3 saturated heterocycles. The minimum Gasteiger partial charge on any atom is -0.466 e. The van der Waals surface area contributed by atoms with Gasteiger partial charge in [-0.15, -0.1) is 0 Å². The maximum Gasteiger partial charge on any atom is 0.312 e. The van der Waals surface area contributed by atoms with Gasteiger partial charge in [0.25, 0.3) is 0 Å². The zero-order valence-corrected chi connectivity index (χ0v) is 19.3. The molecule has 2 N–H and O–H groups in total. The number of nitrogens with one attached hydrogen (secondary N) is 1. The smallest absolute Gasteiger partial charge is 0.312 e. The molecule has 176 valence electrons. The first-order valence-corrected chi connectivity index (χ1v) is 11.8. The van der Waals surface area contributed by atoms with Crippen molar-refractivity contribution in [1.82, 2.24) is 10.2 Å². The molecule has 0 aromatic heterocycles. The zero-order valence-electron chi connectivity index (χ0n) is 19.3. The Kier molecular flexibility index (Phi) is 7.31. The molecule has 1 spiro atoms. The molecule has 2 amide bonds. The number of esters is 1. The normalized spacial score (nSPS) is 36.0. The number of rotatable bonds is 11. The molecule has 3 unspecified atom stereocenters. The Balaban J connectivity index is 1.95. The zero-order chi connectivity index (χ0) is 22.8. The lowest BCUT2D eigenvalue weighted by Crippen LogP contribution is -2.55. The summed E-state index contributed by atoms with van der Waals surface area (Å²) >= 11 is 0. The van der Waals surface area contributed by atoms with Crippen LogP contribution in [0.25, 0.3) is 0 Å². The quantitative estimate of drug-likeness (QED) is 0.375. The lowest BCUT2D eigenvalue weighted by molar-refractivity contribution is -0.161. The lowest BCUT2D eigenvalue weighted by atomic mass is 9.62. The average Bonchev–Trinajstić information content (AvgIpc) is 3.23. The van der Waals surface area contributed by atoms with E-state index in [0.717, 1.165) is 19.3 Å². The Morgan fingerprint density at radius 2 is 2.00 bits per heavy atom. The van der Waals surface area contributed by atoms with Crippen LogP contribution in [0.15, 0.2) is 0 Å². The second kappa shape index (κ2) is 9.45. The number of carbonyl (C=O) groups is 3. The third kappa shape index (κ3) is 3.86. The van der Waals surface area contributed by atoms with E-state index < -0.39 is 35.0 Å². The Morgan fingerprint density at radius 3 is 2.65 bits per heavy atom. The van der Waals surface area contributed by atoms with Gasteiger partial charge >= 0.3 is 5.97 Å². The number of amides is 2. The molecule has 3 aliphatic rings. The first kappa shape index (κ1) is 24.0. The SMILES string of the molecule is CCCCNC(=O)C1N(CCCCCO)C(=O)[C@@H]2[C@H](C(=O)OCC)[C@@]3(C)OC12CC3C. The van der Waals surface area contributed by atoms with Crippen molar-refractivity contribution in [3.8, 4) is 0 Å². The summed E-state index contributed by atoms with van der Waals surface area (Å²) in [4.78, 5) is 41.6. The average molecular weight is 439 g/mol. The third-order valence-corrected chi connectivity index (χ3v) is 7.49. The van der Waals surface area contributed by atoms with Crippen LogP contribution in [-0.2, 0) is 23.9 Å². The van der Waals surface area contributed by atoms with Crippen LogP contribution in [0.1, 0.15) is 66.2 Å². The van der Waals surface area contributed by atoms with Crippen molar-refractivity contribution in [1.29, 1.82) is 0 Å². The summed E-state index contributed by atoms with van der Waals surface area (Å²) in [6.45, 7) is 9.02. The molecule has 3 aliphatic heterocycles. The van der Waals surface area contributed by atoms with Gasteiger partial charge in [0.05, 0.1) is 18.1 Å². The van der Waals surface area contributed by atoms with Gasteiger partial charge in [-0.1, -0.05) is 20.3 Å². The monoisotopic (exact) mass is 438 g/mol. The Labute approximate surface area is 185 Å². The van der Waals surface area contributed by atoms with Crippen LogP contribution in [0.5, 0.6) is 0 Å². The molecule has 31 heavy (non-hydrogen) atoms. The number of likely N-dealkylation sites (tertiary alicyclic amines) is 1. The number of aliphatic hydroxyl groups is 1. The molecule has 8 nitrogen and oxygen atoms in total. The molecule has 0 aromatic rings. The molecule has 0 saturated carbocycles. The van der Waals surface area contributed by atoms with Gasteiger partial charge in [-0.3, -0.25) is 14.4 Å². The van der Waals surface area contributed by atoms with E-state index >= 15 is 0 Å². The fourth-order valence-corrected chi connectivity index (χ4v) is 5.93. The van der Waals surface area contributed by atoms with Gasteiger partial charge in [0, 0.05) is 19.7 Å². The van der Waals surface area contributed by atoms with Crippen molar-refractivity contribution in [2.24, 2.45) is 17.8 Å². The number of hydrogen-bond donors (Lipinski definition) is 2. The summed E-state index contributed by atoms with van der Waals surface area (Å²) in [6, 6.07) is -0.750. The van der Waals surface area contributed by atoms with Gasteiger partial charge in [-0.25, -0.2) is 0 Å². The highest BCUT2D eigenvalue weighted by molar-refractivity contribution is 5.98. The van der Waals surface area contributed by atoms with Crippen LogP contribution in [0.3, 0.4) is 0 Å². The van der Waals surface area contributed by atoms with Crippen molar-refractivity contribution in [3.05, 3.63) is 0 Å². The van der Waals surface area contributed by atoms with E-state index in [2.05, 4.69) is 12.2 Å². The van der Waals surface area contributed by atoms with Crippen LogP contribution in [0.4, 0.5) is 0 Å². The molecule has 3 rings (SSSR count). The summed E-state index contributed by atoms with van der Waals surface area (Å²) in [5.41, 5.74) is -1.83. The predicted molar refractivity (Wildman–Crippen MR) is 114 cm³/mol. The van der Waals surface area contributed by atoms with E-state index in [0.29, 0.717) is 32.4 Å². The molecular formula is C23H38N2O6. The van der Waals surface area contributed by atoms with Crippen molar-refractivity contribution in [3.63, 3.8) is 0 Å². The first-order chi connectivity index (χ1) is 14.8. The summed E-state index contributed by atoms with van der Waals surface area (Å²) in [5.74, 6) is -2.19. The van der Waals surface area contributed by atoms with Crippen LogP contribution in [-0.4, -0.2) is 71.3 Å². The molecule has 3 fully saturated rings. The number of fused-ring (bicyclic) bond motifs is 1. The van der Waals surface area contributed by atoms with E-state index in [9.17, 15) is 14.4 Å². The standard InChI is InChI=1S/C23H38N2O6/c1-5-7-11-24-19(27)18-23-14-15(3)22(4,31-23)17(21(29)30-6-2)16(23)20(28)25(18)12-9-8-10-13-26/h15-18,26H,5-14H2,1-4H3,(H,24,27)/t15?,16-,17+,18?,22-,23?/m0/s1. The second-order valence-electron chi connectivity index (χ2n) is 9.42. The summed E-state index contributed by atoms with van der Waals surface area (Å²) < 4.78 is 11.9. The minimum atomic E-state index is -1.00. The van der Waals surface area contributed by atoms with E-state index in [4.69, 9.17) is 14.6 Å². The van der Waals surface area contributed by atoms with E-state index in [-0.39, 0.29) is 30.9 Å². The van der Waals surface area contributed by atoms with Crippen LogP contribution in [0.2, 0.25) is 0 Å². The second-order valence-corrected chi connectivity index (χ2v) is 9.42. The van der Waals surface area contributed by atoms with Crippen molar-refractivity contribution < 1.29 is 29.0 Å². The topological polar surface area (TPSA) is 105 Å². The van der Waals surface area contributed by atoms with E-state index in [1.807, 2.05) is 13.8 Å². The molecule has 0 aliphatic carbocycles. The molecule has 6 atom stereocenters. The molecule has 3 heterocycles. The van der Waals surface area contributed by atoms with E-state index in [1.165, 1.54) is 0 Å². The van der Waals surface area contributed by atoms with Crippen molar-refractivity contribution in [2.45, 2.75) is 83.5 Å². The number of hydrogen-bond acceptors (Lipinski definition) is 6. The molecule has 8 heteroatoms. The van der Waals surface area contributed by atoms with Crippen molar-refractivity contribution >= 4 is 17.8 Å². The van der Waals surface area contributed by atoms with E-state index in [1.54, 1.807) is 11.8 Å². The van der Waals surface area contributed by atoms with Crippen LogP contribution < -0.4 is 5.32 Å². The fraction of sp³-hybridized carbons (Fsp3) is 0.870. The highest BCUT2D eigenvalue weighted by Crippen LogP contribution is 2.65. The fourth-order valence-electron chi connectivity index (χ4n) is 5.93. The maximum absolute atomic E-state index is 13.7. The van der Waals surface area contributed by atoms with Gasteiger partial charge in [0.15, 0.2) is 0 Å². The Hall–Kier alpha value is -1.67. The third-order valence-electron chi connectivity index (χ3n) is 7.49. The highest BCUT2D eigenvalue weighted by Gasteiger charge is 2.80. The predicted octanol–water partition coefficient (Wildman–Crippen LogP) is 1.64. The van der Waals surface area contributed by atoms with Crippen LogP contribution in [0, 0.1) is 17.8 Å². The summed E-state index contributed by atoms with van der Waals surface area (Å²) in [6.07, 6.45) is 4.48.